The Kier molecular flexibility index (Phi) is 5.41. The molecule has 0 amide bonds. The molecule has 3 N–H and O–H groups in total. The lowest BCUT2D eigenvalue weighted by Gasteiger charge is -2.39. The Morgan fingerprint density at radius 3 is 2.69 bits per heavy atom. The van der Waals surface area contributed by atoms with E-state index in [0.29, 0.717) is 22.7 Å². The predicted octanol–water partition coefficient (Wildman–Crippen LogP) is 3.41. The van der Waals surface area contributed by atoms with E-state index >= 15 is 0 Å². The van der Waals surface area contributed by atoms with Crippen LogP contribution in [0.5, 0.6) is 5.75 Å². The van der Waals surface area contributed by atoms with Crippen LogP contribution in [-0.2, 0) is 4.74 Å². The third-order valence-corrected chi connectivity index (χ3v) is 5.76. The molecule has 1 aromatic heterocycles. The van der Waals surface area contributed by atoms with E-state index in [1.165, 1.54) is 6.33 Å². The number of benzene rings is 1. The second-order valence-corrected chi connectivity index (χ2v) is 8.17. The van der Waals surface area contributed by atoms with Crippen LogP contribution in [0.1, 0.15) is 50.8 Å². The SMILES string of the molecule is CC(C)Oc1ccc(N)c(C(=N)c2cc(N3CCC4(CCCO4)CC3)ncn2)c1. The molecular weight excluding hydrogens is 366 g/mol. The van der Waals surface area contributed by atoms with Crippen LogP contribution in [0, 0.1) is 5.41 Å². The Hall–Kier alpha value is -2.67. The average molecular weight is 396 g/mol. The summed E-state index contributed by atoms with van der Waals surface area (Å²) in [5.74, 6) is 1.54. The Morgan fingerprint density at radius 2 is 2.00 bits per heavy atom. The molecule has 0 unspecified atom stereocenters. The van der Waals surface area contributed by atoms with Gasteiger partial charge in [-0.25, -0.2) is 9.97 Å². The van der Waals surface area contributed by atoms with E-state index in [9.17, 15) is 0 Å². The van der Waals surface area contributed by atoms with Crippen molar-refractivity contribution in [2.24, 2.45) is 0 Å². The van der Waals surface area contributed by atoms with Gasteiger partial charge in [0.15, 0.2) is 0 Å². The summed E-state index contributed by atoms with van der Waals surface area (Å²) in [5, 5.41) is 8.67. The van der Waals surface area contributed by atoms with Crippen molar-refractivity contribution in [1.82, 2.24) is 9.97 Å². The molecule has 3 heterocycles. The zero-order valence-corrected chi connectivity index (χ0v) is 17.1. The molecule has 7 heteroatoms. The van der Waals surface area contributed by atoms with Gasteiger partial charge in [0.05, 0.1) is 23.1 Å². The second kappa shape index (κ2) is 7.99. The van der Waals surface area contributed by atoms with Gasteiger partial charge in [0.25, 0.3) is 0 Å². The number of hydrogen-bond acceptors (Lipinski definition) is 7. The highest BCUT2D eigenvalue weighted by molar-refractivity contribution is 6.13. The largest absolute Gasteiger partial charge is 0.491 e. The summed E-state index contributed by atoms with van der Waals surface area (Å²) in [5.41, 5.74) is 8.19. The molecule has 4 rings (SSSR count). The van der Waals surface area contributed by atoms with E-state index in [2.05, 4.69) is 14.9 Å². The van der Waals surface area contributed by atoms with Gasteiger partial charge >= 0.3 is 0 Å². The van der Waals surface area contributed by atoms with Gasteiger partial charge in [0, 0.05) is 37.0 Å². The molecule has 0 bridgehead atoms. The van der Waals surface area contributed by atoms with Gasteiger partial charge in [-0.3, -0.25) is 5.41 Å². The molecule has 0 atom stereocenters. The van der Waals surface area contributed by atoms with E-state index in [-0.39, 0.29) is 17.4 Å². The van der Waals surface area contributed by atoms with Crippen LogP contribution in [0.15, 0.2) is 30.6 Å². The number of anilines is 2. The molecule has 1 spiro atoms. The number of nitrogens with two attached hydrogens (primary N) is 1. The van der Waals surface area contributed by atoms with Gasteiger partial charge in [0.1, 0.15) is 17.9 Å². The Bertz CT molecular complexity index is 883. The third-order valence-electron chi connectivity index (χ3n) is 5.76. The van der Waals surface area contributed by atoms with Gasteiger partial charge in [0.2, 0.25) is 0 Å². The highest BCUT2D eigenvalue weighted by Crippen LogP contribution is 2.36. The van der Waals surface area contributed by atoms with Crippen molar-refractivity contribution in [3.8, 4) is 5.75 Å². The van der Waals surface area contributed by atoms with Crippen molar-refractivity contribution in [3.05, 3.63) is 41.9 Å². The van der Waals surface area contributed by atoms with Crippen LogP contribution in [0.3, 0.4) is 0 Å². The monoisotopic (exact) mass is 395 g/mol. The zero-order chi connectivity index (χ0) is 20.4. The van der Waals surface area contributed by atoms with Crippen molar-refractivity contribution >= 4 is 17.2 Å². The maximum absolute atomic E-state index is 8.67. The van der Waals surface area contributed by atoms with Crippen LogP contribution < -0.4 is 15.4 Å². The van der Waals surface area contributed by atoms with Crippen molar-refractivity contribution in [3.63, 3.8) is 0 Å². The molecular formula is C22H29N5O2. The molecule has 154 valence electrons. The summed E-state index contributed by atoms with van der Waals surface area (Å²) >= 11 is 0. The fourth-order valence-electron chi connectivity index (χ4n) is 4.18. The van der Waals surface area contributed by atoms with Crippen LogP contribution in [0.4, 0.5) is 11.5 Å². The maximum atomic E-state index is 8.67. The number of nitrogen functional groups attached to an aromatic ring is 1. The first-order chi connectivity index (χ1) is 14.0. The van der Waals surface area contributed by atoms with E-state index in [1.807, 2.05) is 32.0 Å². The van der Waals surface area contributed by atoms with Gasteiger partial charge in [-0.2, -0.15) is 0 Å². The molecule has 2 aliphatic rings. The van der Waals surface area contributed by atoms with Gasteiger partial charge in [-0.15, -0.1) is 0 Å². The normalized spacial score (nSPS) is 18.4. The minimum atomic E-state index is 0.0533. The Morgan fingerprint density at radius 1 is 1.21 bits per heavy atom. The van der Waals surface area contributed by atoms with Gasteiger partial charge in [-0.05, 0) is 57.7 Å². The molecule has 0 saturated carbocycles. The van der Waals surface area contributed by atoms with E-state index in [0.717, 1.165) is 51.2 Å². The summed E-state index contributed by atoms with van der Waals surface area (Å²) < 4.78 is 11.8. The molecule has 29 heavy (non-hydrogen) atoms. The van der Waals surface area contributed by atoms with E-state index in [4.69, 9.17) is 20.6 Å². The van der Waals surface area contributed by atoms with Crippen molar-refractivity contribution in [2.45, 2.75) is 51.2 Å². The number of aromatic nitrogens is 2. The number of nitrogens with one attached hydrogen (secondary N) is 1. The van der Waals surface area contributed by atoms with Crippen LogP contribution >= 0.6 is 0 Å². The molecule has 7 nitrogen and oxygen atoms in total. The third kappa shape index (κ3) is 4.19. The number of nitrogens with zero attached hydrogens (tertiary/aromatic N) is 3. The summed E-state index contributed by atoms with van der Waals surface area (Å²) in [4.78, 5) is 11.0. The highest BCUT2D eigenvalue weighted by Gasteiger charge is 2.38. The van der Waals surface area contributed by atoms with Crippen LogP contribution in [0.25, 0.3) is 0 Å². The molecule has 0 radical (unpaired) electrons. The second-order valence-electron chi connectivity index (χ2n) is 8.17. The number of piperidine rings is 1. The molecule has 2 saturated heterocycles. The van der Waals surface area contributed by atoms with Crippen molar-refractivity contribution in [2.75, 3.05) is 30.3 Å². The molecule has 0 aliphatic carbocycles. The summed E-state index contributed by atoms with van der Waals surface area (Å²) in [6.45, 7) is 6.64. The summed E-state index contributed by atoms with van der Waals surface area (Å²) in [6.07, 6.45) is 5.94. The standard InChI is InChI=1S/C22H29N5O2/c1-15(2)29-16-4-5-18(23)17(12-16)21(24)19-13-20(26-14-25-19)27-9-7-22(8-10-27)6-3-11-28-22/h4-5,12-15,24H,3,6-11,23H2,1-2H3. The summed E-state index contributed by atoms with van der Waals surface area (Å²) in [7, 11) is 0. The van der Waals surface area contributed by atoms with E-state index in [1.54, 1.807) is 6.07 Å². The van der Waals surface area contributed by atoms with Gasteiger partial charge in [-0.1, -0.05) is 0 Å². The van der Waals surface area contributed by atoms with Crippen molar-refractivity contribution in [1.29, 1.82) is 5.41 Å². The average Bonchev–Trinajstić information content (AvgIpc) is 3.17. The lowest BCUT2D eigenvalue weighted by molar-refractivity contribution is -0.0147. The Balaban J connectivity index is 1.52. The number of hydrogen-bond donors (Lipinski definition) is 2. The lowest BCUT2D eigenvalue weighted by atomic mass is 9.88. The summed E-state index contributed by atoms with van der Waals surface area (Å²) in [6, 6.07) is 7.29. The first-order valence-electron chi connectivity index (χ1n) is 10.3. The molecule has 2 aromatic rings. The van der Waals surface area contributed by atoms with Crippen molar-refractivity contribution < 1.29 is 9.47 Å². The van der Waals surface area contributed by atoms with Crippen LogP contribution in [0.2, 0.25) is 0 Å². The van der Waals surface area contributed by atoms with Gasteiger partial charge < -0.3 is 20.1 Å². The topological polar surface area (TPSA) is 97.4 Å². The Labute approximate surface area is 171 Å². The lowest BCUT2D eigenvalue weighted by Crippen LogP contribution is -2.44. The van der Waals surface area contributed by atoms with Crippen LogP contribution in [-0.4, -0.2) is 47.1 Å². The zero-order valence-electron chi connectivity index (χ0n) is 17.1. The smallest absolute Gasteiger partial charge is 0.132 e. The minimum Gasteiger partial charge on any atom is -0.491 e. The highest BCUT2D eigenvalue weighted by atomic mass is 16.5. The minimum absolute atomic E-state index is 0.0533. The molecule has 2 aliphatic heterocycles. The molecule has 1 aromatic carbocycles. The fraction of sp³-hybridized carbons (Fsp3) is 0.500. The first kappa shape index (κ1) is 19.6. The fourth-order valence-corrected chi connectivity index (χ4v) is 4.18. The number of ether oxygens (including phenoxy) is 2. The number of rotatable bonds is 5. The first-order valence-corrected chi connectivity index (χ1v) is 10.3. The molecule has 2 fully saturated rings. The quantitative estimate of drug-likeness (QED) is 0.595. The van der Waals surface area contributed by atoms with E-state index < -0.39 is 0 Å². The predicted molar refractivity (Wildman–Crippen MR) is 114 cm³/mol. The maximum Gasteiger partial charge on any atom is 0.132 e.